The van der Waals surface area contributed by atoms with Gasteiger partial charge < -0.3 is 10.0 Å². The van der Waals surface area contributed by atoms with Crippen molar-refractivity contribution >= 4 is 17.8 Å². The number of hydroxylamine groups is 1. The molecule has 1 atom stereocenters. The Kier molecular flexibility index (Phi) is 3.62. The molecular weight excluding hydrogens is 204 g/mol. The summed E-state index contributed by atoms with van der Waals surface area (Å²) in [6, 6.07) is 0. The highest BCUT2D eigenvalue weighted by Gasteiger charge is 2.32. The number of carbonyl (C=O) groups excluding carboxylic acids is 2. The zero-order chi connectivity index (χ0) is 11.4. The van der Waals surface area contributed by atoms with E-state index in [1.54, 1.807) is 7.05 Å². The van der Waals surface area contributed by atoms with Crippen molar-refractivity contribution in [3.63, 3.8) is 0 Å². The Morgan fingerprint density at radius 3 is 2.80 bits per heavy atom. The van der Waals surface area contributed by atoms with E-state index >= 15 is 0 Å². The Morgan fingerprint density at radius 2 is 2.33 bits per heavy atom. The number of likely N-dealkylation sites (tertiary alicyclic amines) is 1. The molecule has 0 saturated carbocycles. The van der Waals surface area contributed by atoms with Crippen LogP contribution in [0.25, 0.3) is 0 Å². The second-order valence-corrected chi connectivity index (χ2v) is 3.32. The zero-order valence-electron chi connectivity index (χ0n) is 8.23. The lowest BCUT2D eigenvalue weighted by Crippen LogP contribution is -2.33. The molecule has 1 saturated heterocycles. The maximum atomic E-state index is 11.3. The molecule has 1 aliphatic heterocycles. The quantitative estimate of drug-likeness (QED) is 0.563. The molecule has 0 bridgehead atoms. The number of aliphatic carboxylic acids is 1. The summed E-state index contributed by atoms with van der Waals surface area (Å²) in [6.07, 6.45) is 0.138. The van der Waals surface area contributed by atoms with Gasteiger partial charge in [-0.25, -0.2) is 10.3 Å². The highest BCUT2D eigenvalue weighted by Crippen LogP contribution is 2.15. The summed E-state index contributed by atoms with van der Waals surface area (Å²) in [5, 5.41) is 8.24. The van der Waals surface area contributed by atoms with E-state index in [2.05, 4.69) is 4.84 Å². The Morgan fingerprint density at radius 1 is 1.67 bits per heavy atom. The van der Waals surface area contributed by atoms with Crippen LogP contribution in [0.5, 0.6) is 0 Å². The smallest absolute Gasteiger partial charge is 0.332 e. The highest BCUT2D eigenvalue weighted by atomic mass is 16.7. The first-order valence-corrected chi connectivity index (χ1v) is 4.38. The van der Waals surface area contributed by atoms with E-state index in [-0.39, 0.29) is 12.3 Å². The third-order valence-corrected chi connectivity index (χ3v) is 2.08. The van der Waals surface area contributed by atoms with Gasteiger partial charge in [0.2, 0.25) is 11.8 Å². The van der Waals surface area contributed by atoms with Crippen LogP contribution in [0, 0.1) is 5.92 Å². The lowest BCUT2D eigenvalue weighted by Gasteiger charge is -2.09. The molecule has 1 unspecified atom stereocenters. The molecule has 7 heteroatoms. The van der Waals surface area contributed by atoms with Gasteiger partial charge in [0.1, 0.15) is 0 Å². The molecule has 2 N–H and O–H groups in total. The fourth-order valence-corrected chi connectivity index (χ4v) is 1.29. The Hall–Kier alpha value is -1.63. The van der Waals surface area contributed by atoms with E-state index in [1.165, 1.54) is 4.90 Å². The molecule has 1 aliphatic rings. The molecule has 0 spiro atoms. The van der Waals surface area contributed by atoms with Gasteiger partial charge in [-0.3, -0.25) is 14.4 Å². The van der Waals surface area contributed by atoms with Gasteiger partial charge in [-0.1, -0.05) is 0 Å². The molecule has 0 radical (unpaired) electrons. The van der Waals surface area contributed by atoms with Crippen LogP contribution in [0.2, 0.25) is 0 Å². The van der Waals surface area contributed by atoms with Crippen LogP contribution >= 0.6 is 0 Å². The predicted octanol–water partition coefficient (Wildman–Crippen LogP) is -1.40. The van der Waals surface area contributed by atoms with Gasteiger partial charge in [0, 0.05) is 20.0 Å². The van der Waals surface area contributed by atoms with E-state index in [0.717, 1.165) is 0 Å². The molecule has 7 nitrogen and oxygen atoms in total. The Labute approximate surface area is 85.9 Å². The van der Waals surface area contributed by atoms with Crippen molar-refractivity contribution in [1.82, 2.24) is 10.4 Å². The third kappa shape index (κ3) is 3.21. The van der Waals surface area contributed by atoms with Crippen LogP contribution in [-0.4, -0.2) is 48.0 Å². The number of rotatable bonds is 4. The van der Waals surface area contributed by atoms with Crippen molar-refractivity contribution in [2.24, 2.45) is 5.92 Å². The summed E-state index contributed by atoms with van der Waals surface area (Å²) in [4.78, 5) is 38.3. The summed E-state index contributed by atoms with van der Waals surface area (Å²) in [7, 11) is 1.60. The van der Waals surface area contributed by atoms with Crippen molar-refractivity contribution in [1.29, 1.82) is 0 Å². The first-order valence-electron chi connectivity index (χ1n) is 4.38. The molecular formula is C8H12N2O5. The summed E-state index contributed by atoms with van der Waals surface area (Å²) < 4.78 is 0. The van der Waals surface area contributed by atoms with Crippen LogP contribution in [-0.2, 0) is 19.2 Å². The van der Waals surface area contributed by atoms with Crippen LogP contribution < -0.4 is 5.48 Å². The summed E-state index contributed by atoms with van der Waals surface area (Å²) >= 11 is 0. The molecule has 1 fully saturated rings. The molecule has 15 heavy (non-hydrogen) atoms. The van der Waals surface area contributed by atoms with E-state index in [9.17, 15) is 14.4 Å². The Bertz CT molecular complexity index is 291. The van der Waals surface area contributed by atoms with Gasteiger partial charge in [0.05, 0.1) is 5.92 Å². The fraction of sp³-hybridized carbons (Fsp3) is 0.625. The fourth-order valence-electron chi connectivity index (χ4n) is 1.29. The van der Waals surface area contributed by atoms with E-state index in [1.807, 2.05) is 5.48 Å². The lowest BCUT2D eigenvalue weighted by atomic mass is 10.1. The SMILES string of the molecule is CN1CC(C(=O)NOCC(=O)O)CC1=O. The van der Waals surface area contributed by atoms with Crippen LogP contribution in [0.15, 0.2) is 0 Å². The standard InChI is InChI=1S/C8H12N2O5/c1-10-3-5(2-6(10)11)8(14)9-15-4-7(12)13/h5H,2-4H2,1H3,(H,9,14)(H,12,13). The topological polar surface area (TPSA) is 95.9 Å². The summed E-state index contributed by atoms with van der Waals surface area (Å²) in [5.74, 6) is -2.20. The monoisotopic (exact) mass is 216 g/mol. The van der Waals surface area contributed by atoms with Gasteiger partial charge >= 0.3 is 5.97 Å². The van der Waals surface area contributed by atoms with Crippen molar-refractivity contribution in [2.45, 2.75) is 6.42 Å². The number of amides is 2. The number of carbonyl (C=O) groups is 3. The minimum absolute atomic E-state index is 0.103. The third-order valence-electron chi connectivity index (χ3n) is 2.08. The number of nitrogens with one attached hydrogen (secondary N) is 1. The van der Waals surface area contributed by atoms with Crippen LogP contribution in [0.1, 0.15) is 6.42 Å². The van der Waals surface area contributed by atoms with Gasteiger partial charge in [-0.15, -0.1) is 0 Å². The average molecular weight is 216 g/mol. The Balaban J connectivity index is 2.29. The number of hydrogen-bond acceptors (Lipinski definition) is 4. The average Bonchev–Trinajstić information content (AvgIpc) is 2.46. The van der Waals surface area contributed by atoms with Crippen molar-refractivity contribution in [3.8, 4) is 0 Å². The second kappa shape index (κ2) is 4.74. The van der Waals surface area contributed by atoms with Crippen molar-refractivity contribution in [2.75, 3.05) is 20.2 Å². The van der Waals surface area contributed by atoms with Gasteiger partial charge in [0.15, 0.2) is 6.61 Å². The van der Waals surface area contributed by atoms with Crippen LogP contribution in [0.3, 0.4) is 0 Å². The lowest BCUT2D eigenvalue weighted by molar-refractivity contribution is -0.150. The largest absolute Gasteiger partial charge is 0.479 e. The van der Waals surface area contributed by atoms with Gasteiger partial charge in [-0.2, -0.15) is 0 Å². The molecule has 1 rings (SSSR count). The second-order valence-electron chi connectivity index (χ2n) is 3.32. The van der Waals surface area contributed by atoms with Gasteiger partial charge in [-0.05, 0) is 0 Å². The first-order chi connectivity index (χ1) is 7.00. The molecule has 2 amide bonds. The number of nitrogens with zero attached hydrogens (tertiary/aromatic N) is 1. The zero-order valence-corrected chi connectivity index (χ0v) is 8.23. The predicted molar refractivity (Wildman–Crippen MR) is 47.5 cm³/mol. The molecule has 0 aromatic heterocycles. The first kappa shape index (κ1) is 11.4. The number of carboxylic acids is 1. The summed E-state index contributed by atoms with van der Waals surface area (Å²) in [6.45, 7) is -0.261. The molecule has 0 aliphatic carbocycles. The maximum Gasteiger partial charge on any atom is 0.332 e. The van der Waals surface area contributed by atoms with Crippen LogP contribution in [0.4, 0.5) is 0 Å². The normalized spacial score (nSPS) is 20.5. The van der Waals surface area contributed by atoms with E-state index < -0.39 is 24.4 Å². The molecule has 84 valence electrons. The molecule has 1 heterocycles. The van der Waals surface area contributed by atoms with E-state index in [4.69, 9.17) is 5.11 Å². The van der Waals surface area contributed by atoms with E-state index in [0.29, 0.717) is 6.54 Å². The molecule has 0 aromatic rings. The van der Waals surface area contributed by atoms with Crippen molar-refractivity contribution < 1.29 is 24.3 Å². The number of hydrogen-bond donors (Lipinski definition) is 2. The van der Waals surface area contributed by atoms with Crippen molar-refractivity contribution in [3.05, 3.63) is 0 Å². The minimum atomic E-state index is -1.17. The maximum absolute atomic E-state index is 11.3. The minimum Gasteiger partial charge on any atom is -0.479 e. The summed E-state index contributed by atoms with van der Waals surface area (Å²) in [5.41, 5.74) is 2.00. The van der Waals surface area contributed by atoms with Gasteiger partial charge in [0.25, 0.3) is 0 Å². The molecule has 0 aromatic carbocycles. The number of carboxylic acid groups (broad SMARTS) is 1. The highest BCUT2D eigenvalue weighted by molar-refractivity contribution is 5.88.